The van der Waals surface area contributed by atoms with Crippen LogP contribution in [0.1, 0.15) is 43.7 Å². The van der Waals surface area contributed by atoms with Gasteiger partial charge >= 0.3 is 0 Å². The molecule has 1 spiro atoms. The second-order valence-corrected chi connectivity index (χ2v) is 17.3. The van der Waals surface area contributed by atoms with Gasteiger partial charge < -0.3 is 15.4 Å². The maximum absolute atomic E-state index is 13.7. The van der Waals surface area contributed by atoms with Crippen LogP contribution < -0.4 is 10.6 Å². The third kappa shape index (κ3) is 6.31. The molecule has 2 aliphatic rings. The Morgan fingerprint density at radius 1 is 1.14 bits per heavy atom. The van der Waals surface area contributed by atoms with Crippen molar-refractivity contribution in [1.82, 2.24) is 5.32 Å². The van der Waals surface area contributed by atoms with Crippen molar-refractivity contribution in [3.63, 3.8) is 0 Å². The Hall–Kier alpha value is -2.12. The summed E-state index contributed by atoms with van der Waals surface area (Å²) >= 11 is 12.5. The maximum Gasteiger partial charge on any atom is 0.238 e. The van der Waals surface area contributed by atoms with Gasteiger partial charge in [0.1, 0.15) is 5.41 Å². The number of hydrogen-bond donors (Lipinski definition) is 2. The van der Waals surface area contributed by atoms with E-state index in [0.717, 1.165) is 29.7 Å². The fourth-order valence-corrected chi connectivity index (χ4v) is 6.50. The molecule has 3 atom stereocenters. The van der Waals surface area contributed by atoms with E-state index in [9.17, 15) is 9.59 Å². The Labute approximate surface area is 232 Å². The highest BCUT2D eigenvalue weighted by Gasteiger charge is 2.61. The van der Waals surface area contributed by atoms with Crippen LogP contribution in [-0.4, -0.2) is 39.6 Å². The minimum Gasteiger partial charge on any atom is -0.385 e. The van der Waals surface area contributed by atoms with Crippen molar-refractivity contribution in [3.05, 3.63) is 75.3 Å². The summed E-state index contributed by atoms with van der Waals surface area (Å²) in [6, 6.07) is 13.7. The lowest BCUT2D eigenvalue weighted by Gasteiger charge is -2.47. The fourth-order valence-electron chi connectivity index (χ4n) is 5.31. The predicted molar refractivity (Wildman–Crippen MR) is 157 cm³/mol. The number of carbonyl (C=O) groups excluding carboxylic acids is 2. The van der Waals surface area contributed by atoms with Crippen molar-refractivity contribution in [2.45, 2.75) is 69.7 Å². The van der Waals surface area contributed by atoms with Gasteiger partial charge in [0.05, 0.1) is 6.04 Å². The molecule has 2 aliphatic heterocycles. The van der Waals surface area contributed by atoms with Gasteiger partial charge in [-0.3, -0.25) is 9.59 Å². The van der Waals surface area contributed by atoms with Gasteiger partial charge in [0.2, 0.25) is 11.8 Å². The van der Waals surface area contributed by atoms with E-state index >= 15 is 0 Å². The largest absolute Gasteiger partial charge is 0.385 e. The second kappa shape index (κ2) is 12.2. The fraction of sp³-hybridized carbons (Fsp3) is 0.448. The molecule has 2 aromatic carbocycles. The molecule has 2 amide bonds. The molecule has 0 aliphatic carbocycles. The summed E-state index contributed by atoms with van der Waals surface area (Å²) in [6.45, 7) is 12.0. The molecule has 1 fully saturated rings. The number of rotatable bonds is 6. The highest BCUT2D eigenvalue weighted by molar-refractivity contribution is 6.76. The molecule has 200 valence electrons. The van der Waals surface area contributed by atoms with E-state index in [-0.39, 0.29) is 24.2 Å². The normalized spacial score (nSPS) is 23.2. The van der Waals surface area contributed by atoms with E-state index in [2.05, 4.69) is 30.3 Å². The van der Waals surface area contributed by atoms with Crippen LogP contribution in [0.5, 0.6) is 0 Å². The first-order valence-electron chi connectivity index (χ1n) is 12.8. The number of hydrogen-bond acceptors (Lipinski definition) is 3. The van der Waals surface area contributed by atoms with Crippen LogP contribution in [0.3, 0.4) is 0 Å². The highest BCUT2D eigenvalue weighted by atomic mass is 35.5. The molecule has 0 unspecified atom stereocenters. The Morgan fingerprint density at radius 2 is 1.84 bits per heavy atom. The molecule has 0 aromatic heterocycles. The smallest absolute Gasteiger partial charge is 0.238 e. The Balaban J connectivity index is 0.000000414. The van der Waals surface area contributed by atoms with Crippen molar-refractivity contribution in [2.24, 2.45) is 0 Å². The van der Waals surface area contributed by atoms with Crippen molar-refractivity contribution in [2.75, 3.05) is 19.0 Å². The summed E-state index contributed by atoms with van der Waals surface area (Å²) in [5.74, 6) is -0.560. The van der Waals surface area contributed by atoms with Crippen molar-refractivity contribution < 1.29 is 14.3 Å². The molecular formula is C29H38Cl2N2O3Si. The van der Waals surface area contributed by atoms with Crippen LogP contribution in [0, 0.1) is 0 Å². The number of benzene rings is 2. The van der Waals surface area contributed by atoms with Gasteiger partial charge in [0.25, 0.3) is 0 Å². The van der Waals surface area contributed by atoms with E-state index in [0.29, 0.717) is 15.7 Å². The topological polar surface area (TPSA) is 67.4 Å². The third-order valence-corrected chi connectivity index (χ3v) is 9.38. The van der Waals surface area contributed by atoms with E-state index in [1.54, 1.807) is 25.3 Å². The number of fused-ring (bicyclic) bond motifs is 2. The molecule has 0 bridgehead atoms. The first kappa shape index (κ1) is 29.4. The second-order valence-electron chi connectivity index (χ2n) is 10.8. The number of halogens is 2. The first-order valence-corrected chi connectivity index (χ1v) is 17.2. The molecule has 5 nitrogen and oxygen atoms in total. The Kier molecular flexibility index (Phi) is 9.67. The molecular weight excluding hydrogens is 523 g/mol. The van der Waals surface area contributed by atoms with E-state index in [4.69, 9.17) is 27.9 Å². The number of ether oxygens (including phenoxy) is 1. The molecule has 37 heavy (non-hydrogen) atoms. The van der Waals surface area contributed by atoms with Gasteiger partial charge in [0.15, 0.2) is 0 Å². The van der Waals surface area contributed by atoms with Gasteiger partial charge in [-0.05, 0) is 54.8 Å². The lowest BCUT2D eigenvalue weighted by atomic mass is 9.59. The SMILES string of the molecule is CC=C(CC)[C@H]1NC(=O)C[C@@H](c2cccc(Cl)c2)[C@]12C(=O)Nc1cc(Cl)ccc12.COCC[Si](C)(C)C. The van der Waals surface area contributed by atoms with Gasteiger partial charge in [-0.25, -0.2) is 0 Å². The molecule has 4 rings (SSSR count). The van der Waals surface area contributed by atoms with Crippen molar-refractivity contribution >= 4 is 48.8 Å². The van der Waals surface area contributed by atoms with Gasteiger partial charge in [-0.1, -0.05) is 79.6 Å². The Bertz CT molecular complexity index is 1180. The standard InChI is InChI=1S/C23H22Cl2N2O2.C6H16OSi/c1-3-13(4-2)21-23(17-9-8-16(25)11-19(17)26-22(23)29)18(12-20(28)27-21)14-6-5-7-15(24)10-14;1-7-5-6-8(2,3)4/h3,5-11,18,21H,4,12H2,1-2H3,(H,26,29)(H,27,28);5-6H2,1-4H3/t18-,21+,23-;/m0./s1. The lowest BCUT2D eigenvalue weighted by Crippen LogP contribution is -2.62. The summed E-state index contributed by atoms with van der Waals surface area (Å²) < 4.78 is 4.95. The minimum absolute atomic E-state index is 0.0754. The molecule has 2 N–H and O–H groups in total. The number of allylic oxidation sites excluding steroid dienone is 1. The molecule has 0 saturated carbocycles. The van der Waals surface area contributed by atoms with Gasteiger partial charge in [-0.15, -0.1) is 0 Å². The van der Waals surface area contributed by atoms with Gasteiger partial charge in [0, 0.05) is 49.9 Å². The van der Waals surface area contributed by atoms with Crippen LogP contribution in [0.2, 0.25) is 35.7 Å². The third-order valence-electron chi connectivity index (χ3n) is 7.21. The van der Waals surface area contributed by atoms with Crippen LogP contribution in [-0.2, 0) is 19.7 Å². The maximum atomic E-state index is 13.7. The zero-order valence-electron chi connectivity index (χ0n) is 22.6. The molecule has 1 saturated heterocycles. The number of methoxy groups -OCH3 is 1. The minimum atomic E-state index is -0.976. The van der Waals surface area contributed by atoms with E-state index in [1.165, 1.54) is 6.04 Å². The van der Waals surface area contributed by atoms with Crippen molar-refractivity contribution in [1.29, 1.82) is 0 Å². The average molecular weight is 562 g/mol. The number of anilines is 1. The van der Waals surface area contributed by atoms with Crippen molar-refractivity contribution in [3.8, 4) is 0 Å². The monoisotopic (exact) mass is 560 g/mol. The van der Waals surface area contributed by atoms with Crippen LogP contribution in [0.4, 0.5) is 5.69 Å². The van der Waals surface area contributed by atoms with Crippen LogP contribution >= 0.6 is 23.2 Å². The zero-order valence-corrected chi connectivity index (χ0v) is 25.1. The number of nitrogens with one attached hydrogen (secondary N) is 2. The van der Waals surface area contributed by atoms with E-state index in [1.807, 2.05) is 44.2 Å². The highest BCUT2D eigenvalue weighted by Crippen LogP contribution is 2.54. The molecule has 0 radical (unpaired) electrons. The molecule has 8 heteroatoms. The molecule has 2 aromatic rings. The predicted octanol–water partition coefficient (Wildman–Crippen LogP) is 7.18. The Morgan fingerprint density at radius 3 is 2.41 bits per heavy atom. The van der Waals surface area contributed by atoms with Gasteiger partial charge in [-0.2, -0.15) is 0 Å². The summed E-state index contributed by atoms with van der Waals surface area (Å²) in [5.41, 5.74) is 2.47. The zero-order chi connectivity index (χ0) is 27.4. The number of piperidine rings is 1. The number of carbonyl (C=O) groups is 2. The quantitative estimate of drug-likeness (QED) is 0.290. The summed E-state index contributed by atoms with van der Waals surface area (Å²) in [5, 5.41) is 7.28. The first-order chi connectivity index (χ1) is 17.5. The molecule has 2 heterocycles. The summed E-state index contributed by atoms with van der Waals surface area (Å²) in [7, 11) is 0.961. The summed E-state index contributed by atoms with van der Waals surface area (Å²) in [6.07, 6.45) is 2.92. The van der Waals surface area contributed by atoms with Crippen LogP contribution in [0.25, 0.3) is 0 Å². The lowest BCUT2D eigenvalue weighted by molar-refractivity contribution is -0.130. The summed E-state index contributed by atoms with van der Waals surface area (Å²) in [4.78, 5) is 26.4. The number of amides is 2. The van der Waals surface area contributed by atoms with Crippen LogP contribution in [0.15, 0.2) is 54.1 Å². The van der Waals surface area contributed by atoms with E-state index < -0.39 is 19.5 Å². The average Bonchev–Trinajstić information content (AvgIpc) is 3.11.